The van der Waals surface area contributed by atoms with E-state index in [1.807, 2.05) is 24.3 Å². The molecule has 0 aliphatic carbocycles. The molecule has 0 radical (unpaired) electrons. The molecule has 0 aliphatic heterocycles. The molecule has 0 unspecified atom stereocenters. The maximum absolute atomic E-state index is 13.5. The van der Waals surface area contributed by atoms with Crippen LogP contribution in [0, 0.1) is 0 Å². The fourth-order valence-electron chi connectivity index (χ4n) is 3.55. The highest BCUT2D eigenvalue weighted by Crippen LogP contribution is 2.33. The van der Waals surface area contributed by atoms with Crippen LogP contribution in [0.5, 0.6) is 5.75 Å². The zero-order valence-corrected chi connectivity index (χ0v) is 21.1. The van der Waals surface area contributed by atoms with E-state index in [0.29, 0.717) is 18.8 Å². The van der Waals surface area contributed by atoms with Gasteiger partial charge in [-0.3, -0.25) is 9.78 Å². The van der Waals surface area contributed by atoms with Crippen molar-refractivity contribution in [2.45, 2.75) is 39.3 Å². The van der Waals surface area contributed by atoms with Gasteiger partial charge < -0.3 is 10.0 Å². The van der Waals surface area contributed by atoms with Crippen molar-refractivity contribution in [1.29, 1.82) is 0 Å². The van der Waals surface area contributed by atoms with Gasteiger partial charge in [0.25, 0.3) is 5.91 Å². The van der Waals surface area contributed by atoms with E-state index in [2.05, 4.69) is 48.0 Å². The summed E-state index contributed by atoms with van der Waals surface area (Å²) in [4.78, 5) is 23.6. The molecule has 180 valence electrons. The van der Waals surface area contributed by atoms with Gasteiger partial charge in [-0.25, -0.2) is 9.67 Å². The van der Waals surface area contributed by atoms with E-state index >= 15 is 0 Å². The van der Waals surface area contributed by atoms with Crippen molar-refractivity contribution in [2.24, 2.45) is 0 Å². The SMILES string of the molecule is CC(C)(C)c1ccc(CN(Cc2cccnc2)C(=O)c2ncn(-c3cc(Cl)c(O)c(Cl)c3)n2)cc1. The van der Waals surface area contributed by atoms with Crippen molar-refractivity contribution in [3.05, 3.63) is 99.8 Å². The first kappa shape index (κ1) is 24.7. The summed E-state index contributed by atoms with van der Waals surface area (Å²) in [6.07, 6.45) is 4.83. The van der Waals surface area contributed by atoms with Crippen LogP contribution in [-0.4, -0.2) is 35.7 Å². The lowest BCUT2D eigenvalue weighted by molar-refractivity contribution is 0.0717. The van der Waals surface area contributed by atoms with Gasteiger partial charge in [0.1, 0.15) is 6.33 Å². The number of aromatic nitrogens is 4. The number of phenols is 1. The smallest absolute Gasteiger partial charge is 0.294 e. The van der Waals surface area contributed by atoms with Crippen molar-refractivity contribution in [3.63, 3.8) is 0 Å². The van der Waals surface area contributed by atoms with Crippen LogP contribution in [0.15, 0.2) is 67.3 Å². The lowest BCUT2D eigenvalue weighted by atomic mass is 9.87. The summed E-state index contributed by atoms with van der Waals surface area (Å²) >= 11 is 12.1. The van der Waals surface area contributed by atoms with E-state index in [4.69, 9.17) is 23.2 Å². The second-order valence-electron chi connectivity index (χ2n) is 9.24. The maximum atomic E-state index is 13.5. The van der Waals surface area contributed by atoms with E-state index in [0.717, 1.165) is 11.1 Å². The lowest BCUT2D eigenvalue weighted by Gasteiger charge is -2.23. The Balaban J connectivity index is 1.61. The number of phenolic OH excluding ortho intramolecular Hbond substituents is 1. The second kappa shape index (κ2) is 10.1. The average molecular weight is 510 g/mol. The minimum absolute atomic E-state index is 0.0283. The van der Waals surface area contributed by atoms with Crippen molar-refractivity contribution >= 4 is 29.1 Å². The van der Waals surface area contributed by atoms with Crippen molar-refractivity contribution in [2.75, 3.05) is 0 Å². The number of benzene rings is 2. The van der Waals surface area contributed by atoms with Gasteiger partial charge in [-0.05, 0) is 40.3 Å². The normalized spacial score (nSPS) is 11.5. The standard InChI is InChI=1S/C26H25Cl2N5O2/c1-26(2,3)19-8-6-17(7-9-19)14-32(15-18-5-4-10-29-13-18)25(35)24-30-16-33(31-24)20-11-21(27)23(34)22(28)12-20/h4-13,16,34H,14-15H2,1-3H3. The number of hydrogen-bond acceptors (Lipinski definition) is 5. The van der Waals surface area contributed by atoms with Gasteiger partial charge in [-0.15, -0.1) is 5.10 Å². The third-order valence-electron chi connectivity index (χ3n) is 5.53. The van der Waals surface area contributed by atoms with E-state index in [9.17, 15) is 9.90 Å². The van der Waals surface area contributed by atoms with E-state index in [1.54, 1.807) is 17.3 Å². The molecule has 0 atom stereocenters. The number of aromatic hydroxyl groups is 1. The van der Waals surface area contributed by atoms with Gasteiger partial charge in [0.2, 0.25) is 5.82 Å². The van der Waals surface area contributed by atoms with Crippen LogP contribution < -0.4 is 0 Å². The number of hydrogen-bond donors (Lipinski definition) is 1. The Morgan fingerprint density at radius 3 is 2.29 bits per heavy atom. The maximum Gasteiger partial charge on any atom is 0.294 e. The second-order valence-corrected chi connectivity index (χ2v) is 10.1. The van der Waals surface area contributed by atoms with Crippen LogP contribution in [0.2, 0.25) is 10.0 Å². The van der Waals surface area contributed by atoms with Crippen molar-refractivity contribution < 1.29 is 9.90 Å². The van der Waals surface area contributed by atoms with Gasteiger partial charge in [0.05, 0.1) is 15.7 Å². The third-order valence-corrected chi connectivity index (χ3v) is 6.10. The first-order chi connectivity index (χ1) is 16.6. The first-order valence-corrected chi connectivity index (χ1v) is 11.7. The molecule has 4 aromatic rings. The minimum Gasteiger partial charge on any atom is -0.505 e. The summed E-state index contributed by atoms with van der Waals surface area (Å²) in [6, 6.07) is 15.0. The Labute approximate surface area is 214 Å². The topological polar surface area (TPSA) is 84.1 Å². The Morgan fingerprint density at radius 2 is 1.69 bits per heavy atom. The van der Waals surface area contributed by atoms with Gasteiger partial charge in [0.15, 0.2) is 5.75 Å². The predicted octanol–water partition coefficient (Wildman–Crippen LogP) is 5.81. The van der Waals surface area contributed by atoms with E-state index in [-0.39, 0.29) is 32.9 Å². The van der Waals surface area contributed by atoms with Crippen LogP contribution in [0.25, 0.3) is 5.69 Å². The quantitative estimate of drug-likeness (QED) is 0.354. The molecular formula is C26H25Cl2N5O2. The van der Waals surface area contributed by atoms with Crippen molar-refractivity contribution in [3.8, 4) is 11.4 Å². The highest BCUT2D eigenvalue weighted by atomic mass is 35.5. The number of nitrogens with zero attached hydrogens (tertiary/aromatic N) is 5. The number of halogens is 2. The van der Waals surface area contributed by atoms with Gasteiger partial charge in [-0.1, -0.05) is 74.3 Å². The number of pyridine rings is 1. The van der Waals surface area contributed by atoms with Gasteiger partial charge in [-0.2, -0.15) is 0 Å². The predicted molar refractivity (Wildman–Crippen MR) is 136 cm³/mol. The Morgan fingerprint density at radius 1 is 1.03 bits per heavy atom. The summed E-state index contributed by atoms with van der Waals surface area (Å²) in [5, 5.41) is 14.3. The largest absolute Gasteiger partial charge is 0.505 e. The molecule has 2 aromatic carbocycles. The minimum atomic E-state index is -0.330. The molecule has 0 saturated heterocycles. The zero-order valence-electron chi connectivity index (χ0n) is 19.6. The van der Waals surface area contributed by atoms with Crippen LogP contribution in [0.3, 0.4) is 0 Å². The Hall–Kier alpha value is -3.42. The summed E-state index contributed by atoms with van der Waals surface area (Å²) in [7, 11) is 0. The molecule has 35 heavy (non-hydrogen) atoms. The number of carbonyl (C=O) groups is 1. The molecule has 4 rings (SSSR count). The molecule has 0 spiro atoms. The van der Waals surface area contributed by atoms with Crippen LogP contribution in [0.1, 0.15) is 48.1 Å². The monoisotopic (exact) mass is 509 g/mol. The molecule has 1 N–H and O–H groups in total. The van der Waals surface area contributed by atoms with E-state index in [1.165, 1.54) is 28.7 Å². The molecule has 2 heterocycles. The number of rotatable bonds is 6. The Kier molecular flexibility index (Phi) is 7.10. The van der Waals surface area contributed by atoms with Crippen molar-refractivity contribution in [1.82, 2.24) is 24.6 Å². The molecule has 0 aliphatic rings. The molecule has 2 aromatic heterocycles. The first-order valence-electron chi connectivity index (χ1n) is 11.0. The molecule has 7 nitrogen and oxygen atoms in total. The lowest BCUT2D eigenvalue weighted by Crippen LogP contribution is -2.31. The molecular weight excluding hydrogens is 485 g/mol. The van der Waals surface area contributed by atoms with Gasteiger partial charge in [0, 0.05) is 25.5 Å². The average Bonchev–Trinajstić information content (AvgIpc) is 3.32. The summed E-state index contributed by atoms with van der Waals surface area (Å²) in [6.45, 7) is 7.22. The molecule has 0 saturated carbocycles. The van der Waals surface area contributed by atoms with Crippen LogP contribution >= 0.6 is 23.2 Å². The zero-order chi connectivity index (χ0) is 25.2. The molecule has 0 bridgehead atoms. The highest BCUT2D eigenvalue weighted by molar-refractivity contribution is 6.37. The fraction of sp³-hybridized carbons (Fsp3) is 0.231. The van der Waals surface area contributed by atoms with Crippen LogP contribution in [-0.2, 0) is 18.5 Å². The number of amides is 1. The summed E-state index contributed by atoms with van der Waals surface area (Å²) in [5.41, 5.74) is 3.62. The number of carbonyl (C=O) groups excluding carboxylic acids is 1. The molecule has 1 amide bonds. The molecule has 9 heteroatoms. The molecule has 0 fully saturated rings. The third kappa shape index (κ3) is 5.81. The summed E-state index contributed by atoms with van der Waals surface area (Å²) < 4.78 is 1.39. The van der Waals surface area contributed by atoms with E-state index < -0.39 is 0 Å². The van der Waals surface area contributed by atoms with Crippen LogP contribution in [0.4, 0.5) is 0 Å². The fourth-order valence-corrected chi connectivity index (χ4v) is 4.03. The highest BCUT2D eigenvalue weighted by Gasteiger charge is 2.22. The van der Waals surface area contributed by atoms with Gasteiger partial charge >= 0.3 is 0 Å². The Bertz CT molecular complexity index is 1310. The summed E-state index contributed by atoms with van der Waals surface area (Å²) in [5.74, 6) is -0.516.